The molecular weight excluding hydrogens is 400 g/mol. The number of anilines is 1. The predicted octanol–water partition coefficient (Wildman–Crippen LogP) is 3.61. The van der Waals surface area contributed by atoms with Crippen LogP contribution in [0, 0.1) is 0 Å². The highest BCUT2D eigenvalue weighted by Crippen LogP contribution is 2.26. The number of nitrogens with zero attached hydrogens (tertiary/aromatic N) is 1. The van der Waals surface area contributed by atoms with Gasteiger partial charge in [-0.1, -0.05) is 25.1 Å². The summed E-state index contributed by atoms with van der Waals surface area (Å²) in [7, 11) is -1.82. The fourth-order valence-electron chi connectivity index (χ4n) is 3.72. The lowest BCUT2D eigenvalue weighted by Gasteiger charge is -2.22. The number of ether oxygens (including phenoxy) is 1. The maximum atomic E-state index is 12.4. The lowest BCUT2D eigenvalue weighted by Crippen LogP contribution is -2.32. The van der Waals surface area contributed by atoms with Crippen LogP contribution in [-0.4, -0.2) is 34.2 Å². The minimum Gasteiger partial charge on any atom is -0.484 e. The number of hydrogen-bond donors (Lipinski definition) is 1. The molecule has 7 heteroatoms. The van der Waals surface area contributed by atoms with Crippen molar-refractivity contribution in [3.05, 3.63) is 59.2 Å². The van der Waals surface area contributed by atoms with Crippen molar-refractivity contribution >= 4 is 21.6 Å². The van der Waals surface area contributed by atoms with E-state index in [9.17, 15) is 13.2 Å². The van der Waals surface area contributed by atoms with Crippen LogP contribution in [0.4, 0.5) is 5.69 Å². The zero-order chi connectivity index (χ0) is 21.7. The van der Waals surface area contributed by atoms with E-state index in [0.29, 0.717) is 11.4 Å². The molecule has 0 saturated carbocycles. The number of benzene rings is 2. The van der Waals surface area contributed by atoms with Crippen LogP contribution in [0.1, 0.15) is 48.9 Å². The summed E-state index contributed by atoms with van der Waals surface area (Å²) in [5, 5.41) is 3.06. The Kier molecular flexibility index (Phi) is 7.02. The van der Waals surface area contributed by atoms with Gasteiger partial charge < -0.3 is 10.1 Å². The van der Waals surface area contributed by atoms with Gasteiger partial charge >= 0.3 is 0 Å². The highest BCUT2D eigenvalue weighted by Gasteiger charge is 2.17. The number of hydrogen-bond acceptors (Lipinski definition) is 4. The lowest BCUT2D eigenvalue weighted by molar-refractivity contribution is -0.123. The Balaban J connectivity index is 1.57. The van der Waals surface area contributed by atoms with Crippen molar-refractivity contribution in [2.24, 2.45) is 0 Å². The van der Waals surface area contributed by atoms with Gasteiger partial charge in [-0.25, -0.2) is 8.42 Å². The number of nitrogens with one attached hydrogen (secondary N) is 1. The fourth-order valence-corrected chi connectivity index (χ4v) is 4.22. The van der Waals surface area contributed by atoms with Gasteiger partial charge in [0.2, 0.25) is 10.0 Å². The van der Waals surface area contributed by atoms with Crippen molar-refractivity contribution in [2.45, 2.75) is 45.1 Å². The second-order valence-electron chi connectivity index (χ2n) is 7.78. The van der Waals surface area contributed by atoms with Gasteiger partial charge in [0, 0.05) is 7.05 Å². The number of rotatable bonds is 8. The van der Waals surface area contributed by atoms with E-state index in [1.165, 1.54) is 35.3 Å². The maximum absolute atomic E-state index is 12.4. The molecule has 0 radical (unpaired) electrons. The first-order chi connectivity index (χ1) is 14.3. The van der Waals surface area contributed by atoms with E-state index in [2.05, 4.69) is 30.4 Å². The third kappa shape index (κ3) is 5.53. The van der Waals surface area contributed by atoms with E-state index >= 15 is 0 Å². The molecule has 0 aliphatic heterocycles. The fraction of sp³-hybridized carbons (Fsp3) is 0.435. The van der Waals surface area contributed by atoms with Crippen molar-refractivity contribution in [3.8, 4) is 5.75 Å². The molecule has 0 bridgehead atoms. The number of fused-ring (bicyclic) bond motifs is 1. The maximum Gasteiger partial charge on any atom is 0.258 e. The number of carbonyl (C=O) groups is 1. The molecule has 1 N–H and O–H groups in total. The van der Waals surface area contributed by atoms with Gasteiger partial charge in [0.1, 0.15) is 5.75 Å². The molecule has 1 atom stereocenters. The van der Waals surface area contributed by atoms with Gasteiger partial charge in [0.05, 0.1) is 18.0 Å². The Bertz CT molecular complexity index is 987. The average molecular weight is 431 g/mol. The summed E-state index contributed by atoms with van der Waals surface area (Å²) in [4.78, 5) is 12.4. The van der Waals surface area contributed by atoms with Crippen molar-refractivity contribution in [3.63, 3.8) is 0 Å². The molecule has 2 aromatic rings. The molecular formula is C23H30N2O4S. The zero-order valence-electron chi connectivity index (χ0n) is 17.8. The summed E-state index contributed by atoms with van der Waals surface area (Å²) >= 11 is 0. The van der Waals surface area contributed by atoms with E-state index < -0.39 is 10.0 Å². The Labute approximate surface area is 179 Å². The largest absolute Gasteiger partial charge is 0.484 e. The molecule has 0 fully saturated rings. The highest BCUT2D eigenvalue weighted by atomic mass is 32.2. The second kappa shape index (κ2) is 9.51. The summed E-state index contributed by atoms with van der Waals surface area (Å²) in [5.41, 5.74) is 4.51. The molecule has 30 heavy (non-hydrogen) atoms. The predicted molar refractivity (Wildman–Crippen MR) is 119 cm³/mol. The summed E-state index contributed by atoms with van der Waals surface area (Å²) in [6.07, 6.45) is 6.69. The van der Waals surface area contributed by atoms with Crippen LogP contribution in [0.3, 0.4) is 0 Å². The Hall–Kier alpha value is -2.54. The zero-order valence-corrected chi connectivity index (χ0v) is 18.7. The number of carbonyl (C=O) groups excluding carboxylic acids is 1. The molecule has 0 spiro atoms. The smallest absolute Gasteiger partial charge is 0.258 e. The van der Waals surface area contributed by atoms with E-state index in [0.717, 1.165) is 31.1 Å². The molecule has 0 aromatic heterocycles. The van der Waals surface area contributed by atoms with Crippen LogP contribution in [0.25, 0.3) is 0 Å². The van der Waals surface area contributed by atoms with Gasteiger partial charge in [-0.15, -0.1) is 0 Å². The van der Waals surface area contributed by atoms with Gasteiger partial charge in [-0.3, -0.25) is 9.10 Å². The van der Waals surface area contributed by atoms with Crippen LogP contribution in [-0.2, 0) is 27.7 Å². The molecule has 0 unspecified atom stereocenters. The number of sulfonamides is 1. The molecule has 3 rings (SSSR count). The molecule has 0 saturated heterocycles. The average Bonchev–Trinajstić information content (AvgIpc) is 2.75. The summed E-state index contributed by atoms with van der Waals surface area (Å²) in [6, 6.07) is 13.1. The highest BCUT2D eigenvalue weighted by molar-refractivity contribution is 7.92. The standard InChI is InChI=1S/C23H30N2O4S/c1-4-22(19-10-9-17-7-5-6-8-18(17)15-19)24-23(26)16-29-21-13-11-20(12-14-21)25(2)30(3,27)28/h9-15,22H,4-8,16H2,1-3H3,(H,24,26)/t22-/m1/s1. The van der Waals surface area contributed by atoms with Crippen LogP contribution in [0.5, 0.6) is 5.75 Å². The molecule has 162 valence electrons. The first-order valence-corrected chi connectivity index (χ1v) is 12.2. The number of amides is 1. The van der Waals surface area contributed by atoms with Crippen molar-refractivity contribution in [1.29, 1.82) is 0 Å². The van der Waals surface area contributed by atoms with Crippen molar-refractivity contribution in [2.75, 3.05) is 24.2 Å². The topological polar surface area (TPSA) is 75.7 Å². The third-order valence-electron chi connectivity index (χ3n) is 5.59. The van der Waals surface area contributed by atoms with Crippen LogP contribution < -0.4 is 14.4 Å². The molecule has 0 heterocycles. The molecule has 1 aliphatic rings. The summed E-state index contributed by atoms with van der Waals surface area (Å²) in [6.45, 7) is 1.96. The molecule has 2 aromatic carbocycles. The van der Waals surface area contributed by atoms with Crippen LogP contribution >= 0.6 is 0 Å². The van der Waals surface area contributed by atoms with Crippen LogP contribution in [0.2, 0.25) is 0 Å². The van der Waals surface area contributed by atoms with E-state index in [1.807, 2.05) is 0 Å². The summed E-state index contributed by atoms with van der Waals surface area (Å²) < 4.78 is 30.0. The van der Waals surface area contributed by atoms with Crippen molar-refractivity contribution in [1.82, 2.24) is 5.32 Å². The third-order valence-corrected chi connectivity index (χ3v) is 6.79. The summed E-state index contributed by atoms with van der Waals surface area (Å²) in [5.74, 6) is 0.328. The molecule has 6 nitrogen and oxygen atoms in total. The van der Waals surface area contributed by atoms with Gasteiger partial charge in [-0.2, -0.15) is 0 Å². The number of aryl methyl sites for hydroxylation is 2. The van der Waals surface area contributed by atoms with E-state index in [4.69, 9.17) is 4.74 Å². The van der Waals surface area contributed by atoms with E-state index in [1.54, 1.807) is 24.3 Å². The SMILES string of the molecule is CC[C@@H](NC(=O)COc1ccc(N(C)S(C)(=O)=O)cc1)c1ccc2c(c1)CCCC2. The Morgan fingerprint density at radius 1 is 1.10 bits per heavy atom. The minimum atomic E-state index is -3.31. The normalized spacial score (nSPS) is 14.5. The van der Waals surface area contributed by atoms with Gasteiger partial charge in [0.25, 0.3) is 5.91 Å². The van der Waals surface area contributed by atoms with Crippen molar-refractivity contribution < 1.29 is 17.9 Å². The quantitative estimate of drug-likeness (QED) is 0.694. The van der Waals surface area contributed by atoms with E-state index in [-0.39, 0.29) is 18.6 Å². The Morgan fingerprint density at radius 3 is 2.40 bits per heavy atom. The van der Waals surface area contributed by atoms with Crippen LogP contribution in [0.15, 0.2) is 42.5 Å². The second-order valence-corrected chi connectivity index (χ2v) is 9.79. The molecule has 1 amide bonds. The monoisotopic (exact) mass is 430 g/mol. The van der Waals surface area contributed by atoms with Gasteiger partial charge in [0.15, 0.2) is 6.61 Å². The molecule has 1 aliphatic carbocycles. The lowest BCUT2D eigenvalue weighted by atomic mass is 9.89. The Morgan fingerprint density at radius 2 is 1.77 bits per heavy atom. The van der Waals surface area contributed by atoms with Gasteiger partial charge in [-0.05, 0) is 73.1 Å². The first-order valence-electron chi connectivity index (χ1n) is 10.4. The first kappa shape index (κ1) is 22.2. The minimum absolute atomic E-state index is 0.0425.